The summed E-state index contributed by atoms with van der Waals surface area (Å²) in [6, 6.07) is 11.7. The van der Waals surface area contributed by atoms with E-state index in [4.69, 9.17) is 0 Å². The van der Waals surface area contributed by atoms with E-state index in [1.54, 1.807) is 17.5 Å². The van der Waals surface area contributed by atoms with Crippen molar-refractivity contribution in [3.63, 3.8) is 0 Å². The van der Waals surface area contributed by atoms with Gasteiger partial charge in [-0.25, -0.2) is 13.1 Å². The highest BCUT2D eigenvalue weighted by Gasteiger charge is 2.20. The van der Waals surface area contributed by atoms with Gasteiger partial charge in [-0.1, -0.05) is 37.3 Å². The lowest BCUT2D eigenvalue weighted by Crippen LogP contribution is -2.34. The van der Waals surface area contributed by atoms with Gasteiger partial charge in [0.05, 0.1) is 0 Å². The number of likely N-dealkylation sites (N-methyl/N-ethyl adjacent to an activating group) is 1. The average Bonchev–Trinajstić information content (AvgIpc) is 3.03. The first kappa shape index (κ1) is 17.1. The summed E-state index contributed by atoms with van der Waals surface area (Å²) in [6.07, 6.45) is 0.998. The Morgan fingerprint density at radius 1 is 1.18 bits per heavy atom. The van der Waals surface area contributed by atoms with Crippen molar-refractivity contribution in [1.29, 1.82) is 0 Å². The molecule has 0 saturated carbocycles. The molecule has 1 N–H and O–H groups in total. The topological polar surface area (TPSA) is 49.4 Å². The summed E-state index contributed by atoms with van der Waals surface area (Å²) < 4.78 is 27.5. The van der Waals surface area contributed by atoms with E-state index in [2.05, 4.69) is 35.9 Å². The van der Waals surface area contributed by atoms with Crippen molar-refractivity contribution in [2.75, 3.05) is 20.6 Å². The summed E-state index contributed by atoms with van der Waals surface area (Å²) >= 11 is 1.23. The number of sulfonamides is 1. The number of benzene rings is 1. The van der Waals surface area contributed by atoms with Crippen molar-refractivity contribution in [2.24, 2.45) is 0 Å². The smallest absolute Gasteiger partial charge is 0.250 e. The number of nitrogens with one attached hydrogen (secondary N) is 1. The molecule has 0 fully saturated rings. The van der Waals surface area contributed by atoms with Crippen LogP contribution in [0.2, 0.25) is 0 Å². The third-order valence-corrected chi connectivity index (χ3v) is 6.44. The minimum absolute atomic E-state index is 0.000596. The maximum Gasteiger partial charge on any atom is 0.250 e. The Morgan fingerprint density at radius 3 is 2.36 bits per heavy atom. The summed E-state index contributed by atoms with van der Waals surface area (Å²) in [5, 5.41) is 1.77. The zero-order valence-corrected chi connectivity index (χ0v) is 14.7. The van der Waals surface area contributed by atoms with Gasteiger partial charge in [-0.15, -0.1) is 11.3 Å². The second kappa shape index (κ2) is 7.37. The molecule has 1 heterocycles. The van der Waals surface area contributed by atoms with Crippen LogP contribution in [0.5, 0.6) is 0 Å². The molecule has 0 aliphatic heterocycles. The summed E-state index contributed by atoms with van der Waals surface area (Å²) in [5.74, 6) is 0. The fraction of sp³-hybridized carbons (Fsp3) is 0.375. The fourth-order valence-corrected chi connectivity index (χ4v) is 4.33. The molecule has 2 rings (SSSR count). The van der Waals surface area contributed by atoms with Crippen LogP contribution in [-0.2, 0) is 16.4 Å². The Labute approximate surface area is 136 Å². The van der Waals surface area contributed by atoms with Crippen LogP contribution in [0.3, 0.4) is 0 Å². The standard InChI is InChI=1S/C16H22N2O2S2/c1-4-13-7-9-14(10-8-13)15(18(2)3)12-17-22(19,20)16-6-5-11-21-16/h5-11,15,17H,4,12H2,1-3H3/t15-/m0/s1. The van der Waals surface area contributed by atoms with Crippen molar-refractivity contribution < 1.29 is 8.42 Å². The van der Waals surface area contributed by atoms with Gasteiger partial charge in [-0.05, 0) is 43.1 Å². The van der Waals surface area contributed by atoms with E-state index in [0.717, 1.165) is 12.0 Å². The van der Waals surface area contributed by atoms with Crippen LogP contribution < -0.4 is 4.72 Å². The molecule has 0 aliphatic carbocycles. The zero-order valence-electron chi connectivity index (χ0n) is 13.1. The maximum atomic E-state index is 12.2. The van der Waals surface area contributed by atoms with Gasteiger partial charge in [0.25, 0.3) is 0 Å². The monoisotopic (exact) mass is 338 g/mol. The van der Waals surface area contributed by atoms with E-state index < -0.39 is 10.0 Å². The molecule has 0 spiro atoms. The van der Waals surface area contributed by atoms with Crippen molar-refractivity contribution in [2.45, 2.75) is 23.6 Å². The van der Waals surface area contributed by atoms with E-state index in [1.807, 2.05) is 19.0 Å². The Hall–Kier alpha value is -1.21. The molecule has 0 saturated heterocycles. The lowest BCUT2D eigenvalue weighted by Gasteiger charge is -2.25. The molecule has 1 aromatic carbocycles. The van der Waals surface area contributed by atoms with Gasteiger partial charge in [-0.2, -0.15) is 0 Å². The third kappa shape index (κ3) is 4.16. The van der Waals surface area contributed by atoms with Gasteiger partial charge in [0, 0.05) is 12.6 Å². The van der Waals surface area contributed by atoms with Crippen LogP contribution in [0.25, 0.3) is 0 Å². The Kier molecular flexibility index (Phi) is 5.74. The van der Waals surface area contributed by atoms with Gasteiger partial charge >= 0.3 is 0 Å². The third-order valence-electron chi connectivity index (χ3n) is 3.62. The van der Waals surface area contributed by atoms with Crippen molar-refractivity contribution in [1.82, 2.24) is 9.62 Å². The number of aryl methyl sites for hydroxylation is 1. The molecule has 1 aromatic heterocycles. The number of hydrogen-bond donors (Lipinski definition) is 1. The van der Waals surface area contributed by atoms with Crippen LogP contribution in [0.4, 0.5) is 0 Å². The minimum Gasteiger partial charge on any atom is -0.301 e. The quantitative estimate of drug-likeness (QED) is 0.844. The Balaban J connectivity index is 2.12. The second-order valence-electron chi connectivity index (χ2n) is 5.36. The zero-order chi connectivity index (χ0) is 16.2. The van der Waals surface area contributed by atoms with Gasteiger partial charge in [0.15, 0.2) is 0 Å². The van der Waals surface area contributed by atoms with Crippen molar-refractivity contribution >= 4 is 21.4 Å². The normalized spacial score (nSPS) is 13.5. The highest BCUT2D eigenvalue weighted by Crippen LogP contribution is 2.20. The van der Waals surface area contributed by atoms with Gasteiger partial charge in [0.2, 0.25) is 10.0 Å². The van der Waals surface area contributed by atoms with E-state index in [-0.39, 0.29) is 6.04 Å². The minimum atomic E-state index is -3.42. The van der Waals surface area contributed by atoms with Crippen LogP contribution in [0, 0.1) is 0 Å². The number of thiophene rings is 1. The predicted octanol–water partition coefficient (Wildman–Crippen LogP) is 2.89. The first-order valence-corrected chi connectivity index (χ1v) is 9.58. The molecular formula is C16H22N2O2S2. The van der Waals surface area contributed by atoms with E-state index in [9.17, 15) is 8.42 Å². The molecule has 1 atom stereocenters. The largest absolute Gasteiger partial charge is 0.301 e. The molecule has 4 nitrogen and oxygen atoms in total. The number of nitrogens with zero attached hydrogens (tertiary/aromatic N) is 1. The van der Waals surface area contributed by atoms with Crippen LogP contribution in [-0.4, -0.2) is 34.0 Å². The Morgan fingerprint density at radius 2 is 1.86 bits per heavy atom. The van der Waals surface area contributed by atoms with Crippen LogP contribution >= 0.6 is 11.3 Å². The molecule has 0 amide bonds. The molecule has 0 aliphatic rings. The molecule has 22 heavy (non-hydrogen) atoms. The van der Waals surface area contributed by atoms with Crippen LogP contribution in [0.1, 0.15) is 24.1 Å². The summed E-state index contributed by atoms with van der Waals surface area (Å²) in [4.78, 5) is 2.03. The van der Waals surface area contributed by atoms with Gasteiger partial charge < -0.3 is 4.90 Å². The molecule has 0 unspecified atom stereocenters. The first-order valence-electron chi connectivity index (χ1n) is 7.22. The van der Waals surface area contributed by atoms with Gasteiger partial charge in [-0.3, -0.25) is 0 Å². The molecule has 0 radical (unpaired) electrons. The molecule has 0 bridgehead atoms. The lowest BCUT2D eigenvalue weighted by atomic mass is 10.0. The molecular weight excluding hydrogens is 316 g/mol. The lowest BCUT2D eigenvalue weighted by molar-refractivity contribution is 0.299. The van der Waals surface area contributed by atoms with E-state index in [0.29, 0.717) is 10.8 Å². The first-order chi connectivity index (χ1) is 10.4. The highest BCUT2D eigenvalue weighted by molar-refractivity contribution is 7.91. The van der Waals surface area contributed by atoms with E-state index in [1.165, 1.54) is 16.9 Å². The van der Waals surface area contributed by atoms with Crippen molar-refractivity contribution in [3.8, 4) is 0 Å². The second-order valence-corrected chi connectivity index (χ2v) is 8.30. The summed E-state index contributed by atoms with van der Waals surface area (Å²) in [6.45, 7) is 2.46. The predicted molar refractivity (Wildman–Crippen MR) is 91.8 cm³/mol. The summed E-state index contributed by atoms with van der Waals surface area (Å²) in [5.41, 5.74) is 2.39. The maximum absolute atomic E-state index is 12.2. The van der Waals surface area contributed by atoms with Gasteiger partial charge in [0.1, 0.15) is 4.21 Å². The number of hydrogen-bond acceptors (Lipinski definition) is 4. The average molecular weight is 338 g/mol. The molecule has 120 valence electrons. The number of rotatable bonds is 7. The molecule has 6 heteroatoms. The summed E-state index contributed by atoms with van der Waals surface area (Å²) in [7, 11) is 0.488. The fourth-order valence-electron chi connectivity index (χ4n) is 2.25. The van der Waals surface area contributed by atoms with Crippen LogP contribution in [0.15, 0.2) is 46.0 Å². The molecule has 2 aromatic rings. The highest BCUT2D eigenvalue weighted by atomic mass is 32.2. The van der Waals surface area contributed by atoms with E-state index >= 15 is 0 Å². The van der Waals surface area contributed by atoms with Crippen molar-refractivity contribution in [3.05, 3.63) is 52.9 Å². The Bertz CT molecular complexity index is 677. The SMILES string of the molecule is CCc1ccc([C@H](CNS(=O)(=O)c2cccs2)N(C)C)cc1.